The molecule has 1 aliphatic heterocycles. The number of hydrogen-bond donors (Lipinski definition) is 0. The molecule has 8 heteroatoms. The Balaban J connectivity index is 1.40. The van der Waals surface area contributed by atoms with Gasteiger partial charge in [0.25, 0.3) is 0 Å². The quantitative estimate of drug-likeness (QED) is 0.501. The summed E-state index contributed by atoms with van der Waals surface area (Å²) in [6, 6.07) is 11.6. The topological polar surface area (TPSA) is 78.4 Å². The number of hydrogen-bond acceptors (Lipinski definition) is 6. The molecule has 6 nitrogen and oxygen atoms in total. The van der Waals surface area contributed by atoms with Gasteiger partial charge in [-0.25, -0.2) is 4.98 Å². The highest BCUT2D eigenvalue weighted by atomic mass is 19.3. The molecule has 1 fully saturated rings. The van der Waals surface area contributed by atoms with Crippen LogP contribution < -0.4 is 9.47 Å². The van der Waals surface area contributed by atoms with Crippen LogP contribution >= 0.6 is 0 Å². The second-order valence-corrected chi connectivity index (χ2v) is 8.44. The Morgan fingerprint density at radius 1 is 1.06 bits per heavy atom. The van der Waals surface area contributed by atoms with Crippen molar-refractivity contribution in [3.63, 3.8) is 0 Å². The molecule has 2 aromatic carbocycles. The van der Waals surface area contributed by atoms with E-state index in [0.717, 1.165) is 5.56 Å². The summed E-state index contributed by atoms with van der Waals surface area (Å²) in [6.45, 7) is 3.32. The number of fused-ring (bicyclic) bond motifs is 1. The lowest BCUT2D eigenvalue weighted by Crippen LogP contribution is -2.26. The highest BCUT2D eigenvalue weighted by molar-refractivity contribution is 5.95. The zero-order valence-electron chi connectivity index (χ0n) is 18.0. The lowest BCUT2D eigenvalue weighted by molar-refractivity contribution is -0.286. The number of aryl methyl sites for hydroxylation is 1. The van der Waals surface area contributed by atoms with Gasteiger partial charge in [-0.05, 0) is 50.5 Å². The van der Waals surface area contributed by atoms with Crippen LogP contribution in [0.15, 0.2) is 48.7 Å². The van der Waals surface area contributed by atoms with E-state index in [0.29, 0.717) is 41.1 Å². The average Bonchev–Trinajstić information content (AvgIpc) is 3.52. The molecule has 168 valence electrons. The first-order valence-corrected chi connectivity index (χ1v) is 10.5. The Kier molecular flexibility index (Phi) is 4.77. The average molecular weight is 450 g/mol. The maximum absolute atomic E-state index is 13.4. The Bertz CT molecular complexity index is 1300. The van der Waals surface area contributed by atoms with Crippen LogP contribution in [-0.2, 0) is 16.6 Å². The molecule has 1 aliphatic carbocycles. The summed E-state index contributed by atoms with van der Waals surface area (Å²) in [4.78, 5) is 34.1. The molecule has 2 heterocycles. The van der Waals surface area contributed by atoms with Crippen molar-refractivity contribution in [2.45, 2.75) is 44.8 Å². The maximum atomic E-state index is 13.4. The van der Waals surface area contributed by atoms with Crippen molar-refractivity contribution in [2.75, 3.05) is 0 Å². The molecule has 0 atom stereocenters. The predicted octanol–water partition coefficient (Wildman–Crippen LogP) is 4.82. The molecule has 0 saturated heterocycles. The molecule has 0 N–H and O–H groups in total. The Morgan fingerprint density at radius 3 is 2.55 bits per heavy atom. The molecule has 3 aromatic rings. The second kappa shape index (κ2) is 7.43. The van der Waals surface area contributed by atoms with Crippen LogP contribution in [0.3, 0.4) is 0 Å². The minimum atomic E-state index is -3.70. The first-order chi connectivity index (χ1) is 15.7. The number of nitrogens with zero attached hydrogens (tertiary/aromatic N) is 2. The first kappa shape index (κ1) is 21.2. The number of ketones is 2. The van der Waals surface area contributed by atoms with E-state index in [1.807, 2.05) is 13.0 Å². The standard InChI is InChI=1S/C25H20F2N2O4/c1-14-23(17-5-3-4-16(10-17)15(2)30)29-19(13-28-14)12-22(31)24(8-9-24)18-6-7-20-21(11-18)33-25(26,27)32-20/h3-7,10-11,13H,8-9,12H2,1-2H3. The molecule has 0 unspecified atom stereocenters. The van der Waals surface area contributed by atoms with E-state index in [1.165, 1.54) is 19.1 Å². The zero-order valence-corrected chi connectivity index (χ0v) is 18.0. The third-order valence-corrected chi connectivity index (χ3v) is 6.13. The SMILES string of the molecule is CC(=O)c1cccc(-c2nc(CC(=O)C3(c4ccc5c(c4)OC(F)(F)O5)CC3)cnc2C)c1. The number of carbonyl (C=O) groups excluding carboxylic acids is 2. The molecule has 33 heavy (non-hydrogen) atoms. The first-order valence-electron chi connectivity index (χ1n) is 10.5. The van der Waals surface area contributed by atoms with Gasteiger partial charge in [-0.1, -0.05) is 24.3 Å². The van der Waals surface area contributed by atoms with E-state index in [9.17, 15) is 18.4 Å². The van der Waals surface area contributed by atoms with E-state index in [2.05, 4.69) is 19.4 Å². The summed E-state index contributed by atoms with van der Waals surface area (Å²) >= 11 is 0. The fourth-order valence-electron chi connectivity index (χ4n) is 4.16. The number of rotatable bonds is 6. The largest absolute Gasteiger partial charge is 0.586 e. The lowest BCUT2D eigenvalue weighted by Gasteiger charge is -2.15. The van der Waals surface area contributed by atoms with Gasteiger partial charge < -0.3 is 9.47 Å². The van der Waals surface area contributed by atoms with Crippen molar-refractivity contribution < 1.29 is 27.8 Å². The Morgan fingerprint density at radius 2 is 1.82 bits per heavy atom. The molecule has 0 spiro atoms. The van der Waals surface area contributed by atoms with Crippen LogP contribution in [0.4, 0.5) is 8.78 Å². The molecule has 0 radical (unpaired) electrons. The molecule has 0 bridgehead atoms. The normalized spacial score (nSPS) is 17.0. The van der Waals surface area contributed by atoms with E-state index in [4.69, 9.17) is 0 Å². The van der Waals surface area contributed by atoms with Crippen LogP contribution in [-0.4, -0.2) is 27.8 Å². The highest BCUT2D eigenvalue weighted by Gasteiger charge is 2.52. The van der Waals surface area contributed by atoms with Gasteiger partial charge in [0.1, 0.15) is 5.78 Å². The number of alkyl halides is 2. The number of carbonyl (C=O) groups is 2. The van der Waals surface area contributed by atoms with E-state index in [1.54, 1.807) is 30.5 Å². The molecular formula is C25H20F2N2O4. The Hall–Kier alpha value is -3.68. The van der Waals surface area contributed by atoms with Gasteiger partial charge in [0.2, 0.25) is 0 Å². The minimum Gasteiger partial charge on any atom is -0.395 e. The van der Waals surface area contributed by atoms with E-state index >= 15 is 0 Å². The van der Waals surface area contributed by atoms with Gasteiger partial charge in [-0.3, -0.25) is 14.6 Å². The zero-order chi connectivity index (χ0) is 23.4. The summed E-state index contributed by atoms with van der Waals surface area (Å²) in [5, 5.41) is 0. The third-order valence-electron chi connectivity index (χ3n) is 6.13. The van der Waals surface area contributed by atoms with Crippen LogP contribution in [0.1, 0.15) is 47.1 Å². The lowest BCUT2D eigenvalue weighted by atomic mass is 9.88. The summed E-state index contributed by atoms with van der Waals surface area (Å²) in [5.74, 6) is -0.228. The number of aromatic nitrogens is 2. The number of ether oxygens (including phenoxy) is 2. The molecule has 0 amide bonds. The number of halogens is 2. The van der Waals surface area contributed by atoms with Gasteiger partial charge >= 0.3 is 6.29 Å². The smallest absolute Gasteiger partial charge is 0.395 e. The summed E-state index contributed by atoms with van der Waals surface area (Å²) in [5.41, 5.74) is 3.00. The summed E-state index contributed by atoms with van der Waals surface area (Å²) < 4.78 is 35.7. The highest BCUT2D eigenvalue weighted by Crippen LogP contribution is 2.52. The van der Waals surface area contributed by atoms with Crippen molar-refractivity contribution in [2.24, 2.45) is 0 Å². The molecular weight excluding hydrogens is 430 g/mol. The van der Waals surface area contributed by atoms with Crippen LogP contribution in [0, 0.1) is 6.92 Å². The third kappa shape index (κ3) is 3.86. The molecule has 2 aliphatic rings. The number of benzene rings is 2. The van der Waals surface area contributed by atoms with Gasteiger partial charge in [-0.15, -0.1) is 8.78 Å². The van der Waals surface area contributed by atoms with Gasteiger partial charge in [-0.2, -0.15) is 0 Å². The van der Waals surface area contributed by atoms with Crippen molar-refractivity contribution in [3.05, 3.63) is 71.2 Å². The van der Waals surface area contributed by atoms with Crippen molar-refractivity contribution >= 4 is 11.6 Å². The predicted molar refractivity (Wildman–Crippen MR) is 114 cm³/mol. The minimum absolute atomic E-state index is 0.0474. The molecule has 1 saturated carbocycles. The molecule has 1 aromatic heterocycles. The van der Waals surface area contributed by atoms with Gasteiger partial charge in [0.05, 0.1) is 28.9 Å². The van der Waals surface area contributed by atoms with E-state index in [-0.39, 0.29) is 29.5 Å². The summed E-state index contributed by atoms with van der Waals surface area (Å²) in [7, 11) is 0. The monoisotopic (exact) mass is 450 g/mol. The fraction of sp³-hybridized carbons (Fsp3) is 0.280. The van der Waals surface area contributed by atoms with E-state index < -0.39 is 11.7 Å². The van der Waals surface area contributed by atoms with Crippen LogP contribution in [0.5, 0.6) is 11.5 Å². The number of Topliss-reactive ketones (excluding diaryl/α,β-unsaturated/α-hetero) is 2. The van der Waals surface area contributed by atoms with Crippen molar-refractivity contribution in [1.29, 1.82) is 0 Å². The van der Waals surface area contributed by atoms with Gasteiger partial charge in [0, 0.05) is 17.3 Å². The fourth-order valence-corrected chi connectivity index (χ4v) is 4.16. The van der Waals surface area contributed by atoms with Crippen LogP contribution in [0.25, 0.3) is 11.3 Å². The Labute approximate surface area is 188 Å². The molecule has 5 rings (SSSR count). The second-order valence-electron chi connectivity index (χ2n) is 8.44. The summed E-state index contributed by atoms with van der Waals surface area (Å²) in [6.07, 6.45) is -0.836. The van der Waals surface area contributed by atoms with Crippen molar-refractivity contribution in [1.82, 2.24) is 9.97 Å². The van der Waals surface area contributed by atoms with Crippen molar-refractivity contribution in [3.8, 4) is 22.8 Å². The van der Waals surface area contributed by atoms with Gasteiger partial charge in [0.15, 0.2) is 17.3 Å². The van der Waals surface area contributed by atoms with Crippen LogP contribution in [0.2, 0.25) is 0 Å². The maximum Gasteiger partial charge on any atom is 0.586 e.